The van der Waals surface area contributed by atoms with Gasteiger partial charge < -0.3 is 9.80 Å². The second kappa shape index (κ2) is 8.73. The molecular weight excluding hydrogens is 360 g/mol. The molecule has 1 saturated heterocycles. The average Bonchev–Trinajstić information content (AvgIpc) is 2.72. The lowest BCUT2D eigenvalue weighted by atomic mass is 10.0. The topological polar surface area (TPSA) is 69.8 Å². The number of benzene rings is 2. The van der Waals surface area contributed by atoms with Gasteiger partial charge in [-0.25, -0.2) is 5.01 Å². The second-order valence-electron chi connectivity index (χ2n) is 7.45. The molecule has 2 aromatic carbocycles. The Kier molecular flexibility index (Phi) is 6.12. The molecule has 1 atom stereocenters. The maximum atomic E-state index is 7.57. The highest BCUT2D eigenvalue weighted by Gasteiger charge is 2.28. The van der Waals surface area contributed by atoms with Crippen LogP contribution >= 0.6 is 0 Å². The van der Waals surface area contributed by atoms with E-state index in [9.17, 15) is 0 Å². The van der Waals surface area contributed by atoms with E-state index < -0.39 is 0 Å². The minimum Gasteiger partial charge on any atom is -0.365 e. The van der Waals surface area contributed by atoms with E-state index in [1.807, 2.05) is 31.2 Å². The van der Waals surface area contributed by atoms with Crippen LogP contribution in [0.25, 0.3) is 0 Å². The summed E-state index contributed by atoms with van der Waals surface area (Å²) >= 11 is 0. The summed E-state index contributed by atoms with van der Waals surface area (Å²) in [5.74, 6) is 0. The Bertz CT molecular complexity index is 912. The first-order valence-electron chi connectivity index (χ1n) is 9.66. The molecule has 6 nitrogen and oxygen atoms in total. The van der Waals surface area contributed by atoms with Gasteiger partial charge in [-0.2, -0.15) is 5.53 Å². The highest BCUT2D eigenvalue weighted by molar-refractivity contribution is 5.85. The fourth-order valence-corrected chi connectivity index (χ4v) is 3.76. The van der Waals surface area contributed by atoms with Crippen LogP contribution in [0.5, 0.6) is 0 Å². The monoisotopic (exact) mass is 388 g/mol. The summed E-state index contributed by atoms with van der Waals surface area (Å²) in [6, 6.07) is 16.7. The Morgan fingerprint density at radius 3 is 2.52 bits per heavy atom. The normalized spacial score (nSPS) is 15.2. The third-order valence-electron chi connectivity index (χ3n) is 5.29. The first-order chi connectivity index (χ1) is 13.9. The van der Waals surface area contributed by atoms with Crippen LogP contribution in [0.2, 0.25) is 0 Å². The fourth-order valence-electron chi connectivity index (χ4n) is 3.76. The van der Waals surface area contributed by atoms with Crippen LogP contribution in [-0.4, -0.2) is 30.4 Å². The zero-order valence-electron chi connectivity index (χ0n) is 17.1. The van der Waals surface area contributed by atoms with Gasteiger partial charge in [0.15, 0.2) is 0 Å². The predicted octanol–water partition coefficient (Wildman–Crippen LogP) is 5.14. The van der Waals surface area contributed by atoms with Crippen molar-refractivity contribution in [1.82, 2.24) is 4.90 Å². The Labute approximate surface area is 172 Å². The standard InChI is InChI=1S/C23H28N6/c1-17-10-11-22(29(16-24)26-25)23(12-17)28-15-19(3)27(14-20(28)4)18(2)13-21-8-6-5-7-9-21/h5-12,16,18,24-25H,3-4,13-15H2,1-2H3. The van der Waals surface area contributed by atoms with Gasteiger partial charge in [-0.1, -0.05) is 54.8 Å². The Morgan fingerprint density at radius 2 is 1.86 bits per heavy atom. The molecule has 6 heteroatoms. The number of piperazine rings is 1. The van der Waals surface area contributed by atoms with Gasteiger partial charge in [0.2, 0.25) is 0 Å². The summed E-state index contributed by atoms with van der Waals surface area (Å²) in [7, 11) is 0. The molecule has 3 rings (SSSR count). The highest BCUT2D eigenvalue weighted by atomic mass is 15.5. The van der Waals surface area contributed by atoms with E-state index in [0.29, 0.717) is 24.8 Å². The van der Waals surface area contributed by atoms with Crippen molar-refractivity contribution in [3.63, 3.8) is 0 Å². The van der Waals surface area contributed by atoms with Gasteiger partial charge in [0.1, 0.15) is 6.34 Å². The van der Waals surface area contributed by atoms with E-state index in [-0.39, 0.29) is 0 Å². The van der Waals surface area contributed by atoms with E-state index in [1.54, 1.807) is 0 Å². The first-order valence-corrected chi connectivity index (χ1v) is 9.66. The number of hydrogen-bond acceptors (Lipinski definition) is 5. The zero-order valence-corrected chi connectivity index (χ0v) is 17.1. The molecule has 0 aliphatic carbocycles. The van der Waals surface area contributed by atoms with Crippen LogP contribution in [0.3, 0.4) is 0 Å². The van der Waals surface area contributed by atoms with Gasteiger partial charge in [0, 0.05) is 17.4 Å². The Balaban J connectivity index is 1.83. The molecule has 0 amide bonds. The van der Waals surface area contributed by atoms with E-state index in [4.69, 9.17) is 10.9 Å². The lowest BCUT2D eigenvalue weighted by Gasteiger charge is -2.44. The van der Waals surface area contributed by atoms with Crippen molar-refractivity contribution < 1.29 is 0 Å². The second-order valence-corrected chi connectivity index (χ2v) is 7.45. The molecule has 2 aromatic rings. The quantitative estimate of drug-likeness (QED) is 0.299. The van der Waals surface area contributed by atoms with E-state index in [2.05, 4.69) is 59.4 Å². The van der Waals surface area contributed by atoms with Crippen molar-refractivity contribution in [2.45, 2.75) is 26.3 Å². The fraction of sp³-hybridized carbons (Fsp3) is 0.261. The van der Waals surface area contributed by atoms with Crippen LogP contribution in [0.1, 0.15) is 18.1 Å². The summed E-state index contributed by atoms with van der Waals surface area (Å²) in [5, 5.41) is 12.3. The van der Waals surface area contributed by atoms with Crippen molar-refractivity contribution >= 4 is 17.7 Å². The molecule has 150 valence electrons. The van der Waals surface area contributed by atoms with Gasteiger partial charge in [0.25, 0.3) is 0 Å². The summed E-state index contributed by atoms with van der Waals surface area (Å²) in [5.41, 5.74) is 13.3. The molecule has 1 unspecified atom stereocenters. The molecule has 1 fully saturated rings. The number of anilines is 2. The molecule has 29 heavy (non-hydrogen) atoms. The summed E-state index contributed by atoms with van der Waals surface area (Å²) in [4.78, 5) is 4.42. The molecule has 1 aliphatic heterocycles. The lowest BCUT2D eigenvalue weighted by Crippen LogP contribution is -2.47. The maximum Gasteiger partial charge on any atom is 0.110 e. The minimum atomic E-state index is 0.307. The minimum absolute atomic E-state index is 0.307. The van der Waals surface area contributed by atoms with Crippen LogP contribution < -0.4 is 9.91 Å². The molecule has 1 aliphatic rings. The van der Waals surface area contributed by atoms with Crippen molar-refractivity contribution in [1.29, 1.82) is 10.9 Å². The molecule has 1 heterocycles. The van der Waals surface area contributed by atoms with Crippen LogP contribution in [0, 0.1) is 17.9 Å². The lowest BCUT2D eigenvalue weighted by molar-refractivity contribution is 0.268. The van der Waals surface area contributed by atoms with E-state index in [0.717, 1.165) is 35.4 Å². The zero-order chi connectivity index (χ0) is 21.0. The maximum absolute atomic E-state index is 7.57. The van der Waals surface area contributed by atoms with Gasteiger partial charge >= 0.3 is 0 Å². The molecular formula is C23H28N6. The Morgan fingerprint density at radius 1 is 1.14 bits per heavy atom. The van der Waals surface area contributed by atoms with Crippen LogP contribution in [0.15, 0.2) is 78.3 Å². The number of aryl methyl sites for hydroxylation is 1. The number of rotatable bonds is 7. The largest absolute Gasteiger partial charge is 0.365 e. The molecule has 0 spiro atoms. The predicted molar refractivity (Wildman–Crippen MR) is 120 cm³/mol. The first kappa shape index (κ1) is 20.3. The van der Waals surface area contributed by atoms with Crippen molar-refractivity contribution in [3.8, 4) is 0 Å². The molecule has 0 bridgehead atoms. The van der Waals surface area contributed by atoms with Crippen molar-refractivity contribution in [2.24, 2.45) is 5.22 Å². The van der Waals surface area contributed by atoms with Crippen LogP contribution in [-0.2, 0) is 6.42 Å². The highest BCUT2D eigenvalue weighted by Crippen LogP contribution is 2.35. The summed E-state index contributed by atoms with van der Waals surface area (Å²) in [6.07, 6.45) is 1.99. The summed E-state index contributed by atoms with van der Waals surface area (Å²) < 4.78 is 0. The van der Waals surface area contributed by atoms with Gasteiger partial charge in [-0.15, -0.1) is 0 Å². The molecule has 0 radical (unpaired) electrons. The molecule has 0 saturated carbocycles. The number of nitrogens with zero attached hydrogens (tertiary/aromatic N) is 4. The smallest absolute Gasteiger partial charge is 0.110 e. The van der Waals surface area contributed by atoms with Crippen molar-refractivity contribution in [2.75, 3.05) is 23.0 Å². The molecule has 2 N–H and O–H groups in total. The van der Waals surface area contributed by atoms with E-state index in [1.165, 1.54) is 10.6 Å². The third-order valence-corrected chi connectivity index (χ3v) is 5.29. The van der Waals surface area contributed by atoms with Gasteiger partial charge in [-0.05, 0) is 43.5 Å². The SMILES string of the molecule is C=C1CN(C(C)Cc2ccccc2)C(=C)CN1c1cc(C)ccc1N(C=N)N=N. The van der Waals surface area contributed by atoms with Crippen LogP contribution in [0.4, 0.5) is 11.4 Å². The number of hydrogen-bond donors (Lipinski definition) is 2. The Hall–Kier alpha value is -3.41. The van der Waals surface area contributed by atoms with E-state index >= 15 is 0 Å². The van der Waals surface area contributed by atoms with Gasteiger partial charge in [0.05, 0.1) is 24.5 Å². The number of nitrogens with one attached hydrogen (secondary N) is 2. The van der Waals surface area contributed by atoms with Gasteiger partial charge in [-0.3, -0.25) is 5.41 Å². The van der Waals surface area contributed by atoms with Crippen molar-refractivity contribution in [3.05, 3.63) is 84.2 Å². The molecule has 0 aromatic heterocycles. The third kappa shape index (κ3) is 4.37. The average molecular weight is 389 g/mol. The summed E-state index contributed by atoms with van der Waals surface area (Å²) in [6.45, 7) is 14.2.